The Bertz CT molecular complexity index is 208. The fourth-order valence-electron chi connectivity index (χ4n) is 1.11. The number of hydrogen-bond acceptors (Lipinski definition) is 2. The Hall–Kier alpha value is -0.970. The van der Waals surface area contributed by atoms with Crippen LogP contribution in [0.1, 0.15) is 33.6 Å². The summed E-state index contributed by atoms with van der Waals surface area (Å²) in [5.74, 6) is 5.90. The van der Waals surface area contributed by atoms with Crippen molar-refractivity contribution in [1.82, 2.24) is 0 Å². The minimum atomic E-state index is -0.442. The van der Waals surface area contributed by atoms with Crippen LogP contribution in [0, 0.1) is 23.7 Å². The zero-order chi connectivity index (χ0) is 10.3. The first-order valence-corrected chi connectivity index (χ1v) is 4.69. The van der Waals surface area contributed by atoms with Gasteiger partial charge in [-0.05, 0) is 18.8 Å². The fraction of sp³-hybridized carbons (Fsp3) is 0.727. The quantitative estimate of drug-likeness (QED) is 0.380. The van der Waals surface area contributed by atoms with Gasteiger partial charge in [0.15, 0.2) is 0 Å². The molecule has 1 atom stereocenters. The number of carbonyl (C=O) groups excluding carboxylic acids is 1. The van der Waals surface area contributed by atoms with E-state index in [1.807, 2.05) is 0 Å². The largest absolute Gasteiger partial charge is 0.459 e. The molecule has 2 nitrogen and oxygen atoms in total. The third-order valence-corrected chi connectivity index (χ3v) is 1.81. The van der Waals surface area contributed by atoms with Crippen molar-refractivity contribution >= 4 is 5.97 Å². The van der Waals surface area contributed by atoms with Crippen molar-refractivity contribution in [2.75, 3.05) is 7.11 Å². The van der Waals surface area contributed by atoms with Crippen molar-refractivity contribution in [3.05, 3.63) is 0 Å². The van der Waals surface area contributed by atoms with Gasteiger partial charge in [-0.1, -0.05) is 26.7 Å². The number of ether oxygens (including phenoxy) is 1. The van der Waals surface area contributed by atoms with E-state index in [-0.39, 0.29) is 0 Å². The van der Waals surface area contributed by atoms with Crippen LogP contribution in [0.4, 0.5) is 0 Å². The lowest BCUT2D eigenvalue weighted by Crippen LogP contribution is -2.02. The molecule has 0 bridgehead atoms. The van der Waals surface area contributed by atoms with Crippen molar-refractivity contribution in [1.29, 1.82) is 0 Å². The molecule has 0 N–H and O–H groups in total. The number of rotatable bonds is 3. The van der Waals surface area contributed by atoms with Crippen molar-refractivity contribution in [3.8, 4) is 11.8 Å². The number of carbonyl (C=O) groups is 1. The zero-order valence-corrected chi connectivity index (χ0v) is 8.89. The topological polar surface area (TPSA) is 26.3 Å². The lowest BCUT2D eigenvalue weighted by Gasteiger charge is -2.09. The van der Waals surface area contributed by atoms with Crippen LogP contribution in [0.5, 0.6) is 0 Å². The zero-order valence-electron chi connectivity index (χ0n) is 8.89. The summed E-state index contributed by atoms with van der Waals surface area (Å²) in [4.78, 5) is 10.7. The number of methoxy groups -OCH3 is 1. The molecular weight excluding hydrogens is 164 g/mol. The Kier molecular flexibility index (Phi) is 6.05. The second kappa shape index (κ2) is 6.54. The van der Waals surface area contributed by atoms with E-state index in [1.54, 1.807) is 0 Å². The first-order chi connectivity index (χ1) is 6.10. The lowest BCUT2D eigenvalue weighted by molar-refractivity contribution is -0.133. The summed E-state index contributed by atoms with van der Waals surface area (Å²) in [5, 5.41) is 0. The van der Waals surface area contributed by atoms with E-state index >= 15 is 0 Å². The maximum Gasteiger partial charge on any atom is 0.384 e. The van der Waals surface area contributed by atoms with Gasteiger partial charge in [-0.3, -0.25) is 0 Å². The molecule has 0 rings (SSSR count). The fourth-order valence-corrected chi connectivity index (χ4v) is 1.11. The second-order valence-corrected chi connectivity index (χ2v) is 3.50. The van der Waals surface area contributed by atoms with E-state index in [9.17, 15) is 4.79 Å². The van der Waals surface area contributed by atoms with E-state index < -0.39 is 5.97 Å². The van der Waals surface area contributed by atoms with Crippen molar-refractivity contribution in [2.45, 2.75) is 33.6 Å². The maximum absolute atomic E-state index is 10.7. The van der Waals surface area contributed by atoms with E-state index in [0.29, 0.717) is 11.8 Å². The second-order valence-electron chi connectivity index (χ2n) is 3.50. The summed E-state index contributed by atoms with van der Waals surface area (Å²) in [6.45, 7) is 6.39. The Morgan fingerprint density at radius 1 is 1.46 bits per heavy atom. The highest BCUT2D eigenvalue weighted by Gasteiger charge is 2.05. The summed E-state index contributed by atoms with van der Waals surface area (Å²) < 4.78 is 4.44. The molecule has 2 heteroatoms. The smallest absolute Gasteiger partial charge is 0.384 e. The molecule has 74 valence electrons. The van der Waals surface area contributed by atoms with E-state index in [4.69, 9.17) is 0 Å². The van der Waals surface area contributed by atoms with Crippen LogP contribution < -0.4 is 0 Å². The molecule has 0 aliphatic rings. The molecule has 0 radical (unpaired) electrons. The van der Waals surface area contributed by atoms with Crippen LogP contribution in [0.25, 0.3) is 0 Å². The molecule has 0 aliphatic heterocycles. The minimum Gasteiger partial charge on any atom is -0.459 e. The molecule has 0 aromatic rings. The minimum absolute atomic E-state index is 0.319. The summed E-state index contributed by atoms with van der Waals surface area (Å²) in [6.07, 6.45) is 2.03. The molecule has 0 aromatic heterocycles. The van der Waals surface area contributed by atoms with Gasteiger partial charge >= 0.3 is 5.97 Å². The summed E-state index contributed by atoms with van der Waals surface area (Å²) in [6, 6.07) is 0. The van der Waals surface area contributed by atoms with Crippen molar-refractivity contribution in [2.24, 2.45) is 11.8 Å². The van der Waals surface area contributed by atoms with Crippen LogP contribution in [0.15, 0.2) is 0 Å². The van der Waals surface area contributed by atoms with E-state index in [1.165, 1.54) is 7.11 Å². The van der Waals surface area contributed by atoms with Gasteiger partial charge in [0.2, 0.25) is 0 Å². The highest BCUT2D eigenvalue weighted by molar-refractivity contribution is 5.88. The predicted molar refractivity (Wildman–Crippen MR) is 53.0 cm³/mol. The summed E-state index contributed by atoms with van der Waals surface area (Å²) >= 11 is 0. The van der Waals surface area contributed by atoms with Crippen LogP contribution in [0.3, 0.4) is 0 Å². The van der Waals surface area contributed by atoms with Gasteiger partial charge in [-0.2, -0.15) is 0 Å². The molecule has 0 saturated heterocycles. The predicted octanol–water partition coefficient (Wildman–Crippen LogP) is 2.24. The van der Waals surface area contributed by atoms with Gasteiger partial charge in [0.1, 0.15) is 0 Å². The monoisotopic (exact) mass is 182 g/mol. The Morgan fingerprint density at radius 3 is 2.46 bits per heavy atom. The van der Waals surface area contributed by atoms with Crippen molar-refractivity contribution < 1.29 is 9.53 Å². The Labute approximate surface area is 80.7 Å². The van der Waals surface area contributed by atoms with Crippen LogP contribution >= 0.6 is 0 Å². The SMILES string of the molecule is CCC(C#CC(=O)OC)CC(C)C. The Balaban J connectivity index is 4.08. The summed E-state index contributed by atoms with van der Waals surface area (Å²) in [5.41, 5.74) is 0. The highest BCUT2D eigenvalue weighted by Crippen LogP contribution is 2.13. The average molecular weight is 182 g/mol. The maximum atomic E-state index is 10.7. The lowest BCUT2D eigenvalue weighted by atomic mass is 9.95. The van der Waals surface area contributed by atoms with E-state index in [0.717, 1.165) is 12.8 Å². The van der Waals surface area contributed by atoms with Crippen LogP contribution in [0.2, 0.25) is 0 Å². The average Bonchev–Trinajstić information content (AvgIpc) is 2.10. The molecule has 0 heterocycles. The number of hydrogen-bond donors (Lipinski definition) is 0. The van der Waals surface area contributed by atoms with Crippen molar-refractivity contribution in [3.63, 3.8) is 0 Å². The molecular formula is C11H18O2. The van der Waals surface area contributed by atoms with E-state index in [2.05, 4.69) is 37.3 Å². The van der Waals surface area contributed by atoms with Crippen LogP contribution in [-0.2, 0) is 9.53 Å². The molecule has 0 saturated carbocycles. The van der Waals surface area contributed by atoms with Gasteiger partial charge in [-0.15, -0.1) is 0 Å². The van der Waals surface area contributed by atoms with Gasteiger partial charge in [0, 0.05) is 11.8 Å². The standard InChI is InChI=1S/C11H18O2/c1-5-10(8-9(2)3)6-7-11(12)13-4/h9-10H,5,8H2,1-4H3. The van der Waals surface area contributed by atoms with Gasteiger partial charge in [0.05, 0.1) is 7.11 Å². The molecule has 0 spiro atoms. The van der Waals surface area contributed by atoms with Gasteiger partial charge in [0.25, 0.3) is 0 Å². The molecule has 1 unspecified atom stereocenters. The third-order valence-electron chi connectivity index (χ3n) is 1.81. The summed E-state index contributed by atoms with van der Waals surface area (Å²) in [7, 11) is 1.35. The molecule has 0 fully saturated rings. The normalized spacial score (nSPS) is 11.8. The van der Waals surface area contributed by atoms with Gasteiger partial charge in [-0.25, -0.2) is 4.79 Å². The third kappa shape index (κ3) is 6.21. The first kappa shape index (κ1) is 12.0. The highest BCUT2D eigenvalue weighted by atomic mass is 16.5. The first-order valence-electron chi connectivity index (χ1n) is 4.69. The molecule has 0 aliphatic carbocycles. The van der Waals surface area contributed by atoms with Crippen LogP contribution in [-0.4, -0.2) is 13.1 Å². The molecule has 0 aromatic carbocycles. The number of esters is 1. The Morgan fingerprint density at radius 2 is 2.08 bits per heavy atom. The molecule has 0 amide bonds. The van der Waals surface area contributed by atoms with Gasteiger partial charge < -0.3 is 4.74 Å². The molecule has 13 heavy (non-hydrogen) atoms.